The average molecular weight is 247 g/mol. The minimum absolute atomic E-state index is 0.00601. The van der Waals surface area contributed by atoms with Crippen molar-refractivity contribution in [1.82, 2.24) is 5.32 Å². The van der Waals surface area contributed by atoms with Crippen LogP contribution in [0.25, 0.3) is 0 Å². The van der Waals surface area contributed by atoms with E-state index in [0.29, 0.717) is 5.75 Å². The minimum atomic E-state index is -0.817. The molecule has 5 heteroatoms. The Bertz CT molecular complexity index is 221. The summed E-state index contributed by atoms with van der Waals surface area (Å²) in [5, 5.41) is 11.1. The van der Waals surface area contributed by atoms with Gasteiger partial charge in [0, 0.05) is 12.3 Å². The first-order valence-electron chi connectivity index (χ1n) is 5.69. The molecular formula is C11H21NO3S. The molecule has 0 spiro atoms. The molecule has 0 radical (unpaired) electrons. The molecule has 2 N–H and O–H groups in total. The van der Waals surface area contributed by atoms with Crippen molar-refractivity contribution in [3.63, 3.8) is 0 Å². The molecule has 0 saturated carbocycles. The maximum absolute atomic E-state index is 11.5. The zero-order valence-corrected chi connectivity index (χ0v) is 10.8. The summed E-state index contributed by atoms with van der Waals surface area (Å²) >= 11 is 1.38. The van der Waals surface area contributed by atoms with E-state index in [1.807, 2.05) is 6.92 Å². The highest BCUT2D eigenvalue weighted by atomic mass is 32.2. The van der Waals surface area contributed by atoms with E-state index >= 15 is 0 Å². The standard InChI is InChI=1S/C11H21NO3S/c1-3-4-5-7-12-11(15)9(2)16-8-6-10(13)14/h9H,3-8H2,1-2H3,(H,12,15)(H,13,14). The summed E-state index contributed by atoms with van der Waals surface area (Å²) in [6.07, 6.45) is 3.38. The normalized spacial score (nSPS) is 12.1. The lowest BCUT2D eigenvalue weighted by atomic mass is 10.2. The van der Waals surface area contributed by atoms with Crippen molar-refractivity contribution in [3.8, 4) is 0 Å². The van der Waals surface area contributed by atoms with Gasteiger partial charge in [-0.25, -0.2) is 0 Å². The van der Waals surface area contributed by atoms with Gasteiger partial charge >= 0.3 is 5.97 Å². The van der Waals surface area contributed by atoms with Gasteiger partial charge in [-0.05, 0) is 13.3 Å². The van der Waals surface area contributed by atoms with Crippen LogP contribution < -0.4 is 5.32 Å². The summed E-state index contributed by atoms with van der Waals surface area (Å²) in [6, 6.07) is 0. The quantitative estimate of drug-likeness (QED) is 0.611. The lowest BCUT2D eigenvalue weighted by Crippen LogP contribution is -2.31. The third-order valence-electron chi connectivity index (χ3n) is 2.13. The Morgan fingerprint density at radius 1 is 1.38 bits per heavy atom. The number of nitrogens with one attached hydrogen (secondary N) is 1. The molecule has 0 bridgehead atoms. The van der Waals surface area contributed by atoms with E-state index < -0.39 is 5.97 Å². The third kappa shape index (κ3) is 8.59. The van der Waals surface area contributed by atoms with E-state index in [4.69, 9.17) is 5.11 Å². The van der Waals surface area contributed by atoms with Crippen LogP contribution in [-0.4, -0.2) is 34.5 Å². The second-order valence-electron chi connectivity index (χ2n) is 3.65. The molecule has 0 aromatic rings. The van der Waals surface area contributed by atoms with Crippen LogP contribution in [0.1, 0.15) is 39.5 Å². The molecule has 0 aliphatic heterocycles. The van der Waals surface area contributed by atoms with E-state index in [1.54, 1.807) is 0 Å². The van der Waals surface area contributed by atoms with E-state index in [-0.39, 0.29) is 17.6 Å². The predicted molar refractivity (Wildman–Crippen MR) is 66.7 cm³/mol. The van der Waals surface area contributed by atoms with Crippen LogP contribution >= 0.6 is 11.8 Å². The second kappa shape index (κ2) is 9.51. The Labute approximate surface area is 101 Å². The fraction of sp³-hybridized carbons (Fsp3) is 0.818. The molecule has 4 nitrogen and oxygen atoms in total. The van der Waals surface area contributed by atoms with Crippen LogP contribution in [0, 0.1) is 0 Å². The van der Waals surface area contributed by atoms with Crippen LogP contribution in [0.3, 0.4) is 0 Å². The molecule has 16 heavy (non-hydrogen) atoms. The van der Waals surface area contributed by atoms with Gasteiger partial charge in [-0.1, -0.05) is 19.8 Å². The number of hydrogen-bond donors (Lipinski definition) is 2. The van der Waals surface area contributed by atoms with Gasteiger partial charge in [0.1, 0.15) is 0 Å². The summed E-state index contributed by atoms with van der Waals surface area (Å²) in [4.78, 5) is 21.8. The number of carbonyl (C=O) groups is 2. The van der Waals surface area contributed by atoms with Gasteiger partial charge < -0.3 is 10.4 Å². The Hall–Kier alpha value is -0.710. The number of carboxylic acids is 1. The molecule has 0 saturated heterocycles. The maximum atomic E-state index is 11.5. The van der Waals surface area contributed by atoms with Crippen LogP contribution in [-0.2, 0) is 9.59 Å². The lowest BCUT2D eigenvalue weighted by Gasteiger charge is -2.11. The Balaban J connectivity index is 3.53. The molecule has 1 amide bonds. The van der Waals surface area contributed by atoms with Gasteiger partial charge in [0.05, 0.1) is 11.7 Å². The lowest BCUT2D eigenvalue weighted by molar-refractivity contribution is -0.136. The molecule has 0 fully saturated rings. The molecule has 0 aliphatic rings. The van der Waals surface area contributed by atoms with Gasteiger partial charge in [0.15, 0.2) is 0 Å². The fourth-order valence-electron chi connectivity index (χ4n) is 1.13. The smallest absolute Gasteiger partial charge is 0.304 e. The van der Waals surface area contributed by atoms with Crippen molar-refractivity contribution in [1.29, 1.82) is 0 Å². The molecule has 0 aromatic heterocycles. The summed E-state index contributed by atoms with van der Waals surface area (Å²) in [5.41, 5.74) is 0. The van der Waals surface area contributed by atoms with Gasteiger partial charge in [-0.2, -0.15) is 0 Å². The van der Waals surface area contributed by atoms with Gasteiger partial charge in [0.25, 0.3) is 0 Å². The van der Waals surface area contributed by atoms with E-state index in [2.05, 4.69) is 12.2 Å². The van der Waals surface area contributed by atoms with Crippen molar-refractivity contribution in [2.24, 2.45) is 0 Å². The number of rotatable bonds is 9. The first-order chi connectivity index (χ1) is 7.57. The Kier molecular flexibility index (Phi) is 9.09. The van der Waals surface area contributed by atoms with Crippen molar-refractivity contribution in [3.05, 3.63) is 0 Å². The largest absolute Gasteiger partial charge is 0.481 e. The molecule has 0 heterocycles. The first kappa shape index (κ1) is 15.3. The zero-order chi connectivity index (χ0) is 12.4. The first-order valence-corrected chi connectivity index (χ1v) is 6.74. The predicted octanol–water partition coefficient (Wildman–Crippen LogP) is 1.89. The van der Waals surface area contributed by atoms with E-state index in [0.717, 1.165) is 25.8 Å². The monoisotopic (exact) mass is 247 g/mol. The highest BCUT2D eigenvalue weighted by Gasteiger charge is 2.12. The molecule has 1 unspecified atom stereocenters. The summed E-state index contributed by atoms with van der Waals surface area (Å²) in [7, 11) is 0. The number of thioether (sulfide) groups is 1. The number of unbranched alkanes of at least 4 members (excludes halogenated alkanes) is 2. The van der Waals surface area contributed by atoms with E-state index in [1.165, 1.54) is 11.8 Å². The third-order valence-corrected chi connectivity index (χ3v) is 3.29. The van der Waals surface area contributed by atoms with Gasteiger partial charge in [-0.3, -0.25) is 9.59 Å². The zero-order valence-electron chi connectivity index (χ0n) is 9.99. The Morgan fingerprint density at radius 2 is 2.06 bits per heavy atom. The van der Waals surface area contributed by atoms with Crippen molar-refractivity contribution in [2.75, 3.05) is 12.3 Å². The Morgan fingerprint density at radius 3 is 2.62 bits per heavy atom. The topological polar surface area (TPSA) is 66.4 Å². The number of amides is 1. The summed E-state index contributed by atoms with van der Waals surface area (Å²) in [6.45, 7) is 4.64. The van der Waals surface area contributed by atoms with Gasteiger partial charge in [0.2, 0.25) is 5.91 Å². The molecule has 0 rings (SSSR count). The molecule has 0 aliphatic carbocycles. The van der Waals surface area contributed by atoms with Crippen molar-refractivity contribution < 1.29 is 14.7 Å². The average Bonchev–Trinajstić information content (AvgIpc) is 2.23. The van der Waals surface area contributed by atoms with Crippen LogP contribution in [0.2, 0.25) is 0 Å². The van der Waals surface area contributed by atoms with Gasteiger partial charge in [-0.15, -0.1) is 11.8 Å². The van der Waals surface area contributed by atoms with Crippen molar-refractivity contribution >= 4 is 23.6 Å². The second-order valence-corrected chi connectivity index (χ2v) is 5.10. The molecular weight excluding hydrogens is 226 g/mol. The molecule has 1 atom stereocenters. The number of carbonyl (C=O) groups excluding carboxylic acids is 1. The summed E-state index contributed by atoms with van der Waals surface area (Å²) in [5.74, 6) is -0.326. The van der Waals surface area contributed by atoms with Crippen LogP contribution in [0.5, 0.6) is 0 Å². The fourth-order valence-corrected chi connectivity index (χ4v) is 2.01. The molecule has 0 aromatic carbocycles. The molecule has 94 valence electrons. The van der Waals surface area contributed by atoms with Crippen molar-refractivity contribution in [2.45, 2.75) is 44.8 Å². The summed E-state index contributed by atoms with van der Waals surface area (Å²) < 4.78 is 0. The van der Waals surface area contributed by atoms with E-state index in [9.17, 15) is 9.59 Å². The SMILES string of the molecule is CCCCCNC(=O)C(C)SCCC(=O)O. The highest BCUT2D eigenvalue weighted by Crippen LogP contribution is 2.11. The van der Waals surface area contributed by atoms with Crippen LogP contribution in [0.4, 0.5) is 0 Å². The number of aliphatic carboxylic acids is 1. The van der Waals surface area contributed by atoms with Crippen LogP contribution in [0.15, 0.2) is 0 Å². The number of hydrogen-bond acceptors (Lipinski definition) is 3. The maximum Gasteiger partial charge on any atom is 0.304 e. The minimum Gasteiger partial charge on any atom is -0.481 e. The number of carboxylic acid groups (broad SMARTS) is 1. The highest BCUT2D eigenvalue weighted by molar-refractivity contribution is 8.00.